The molecule has 0 spiro atoms. The molecule has 1 unspecified atom stereocenters. The summed E-state index contributed by atoms with van der Waals surface area (Å²) in [5.41, 5.74) is 2.44. The number of hydrogen-bond donors (Lipinski definition) is 2. The molecule has 2 aliphatic rings. The first kappa shape index (κ1) is 25.7. The third-order valence-electron chi connectivity index (χ3n) is 6.91. The molecule has 1 saturated heterocycles. The highest BCUT2D eigenvalue weighted by Gasteiger charge is 2.30. The Kier molecular flexibility index (Phi) is 8.13. The summed E-state index contributed by atoms with van der Waals surface area (Å²) in [5, 5.41) is 7.15. The molecule has 2 fully saturated rings. The lowest BCUT2D eigenvalue weighted by Crippen LogP contribution is -2.36. The Labute approximate surface area is 222 Å². The molecule has 1 saturated carbocycles. The molecule has 198 valence electrons. The molecule has 9 nitrogen and oxygen atoms in total. The van der Waals surface area contributed by atoms with Gasteiger partial charge < -0.3 is 20.1 Å². The van der Waals surface area contributed by atoms with E-state index in [9.17, 15) is 9.59 Å². The minimum Gasteiger partial charge on any atom is -0.491 e. The van der Waals surface area contributed by atoms with Gasteiger partial charge in [0.15, 0.2) is 0 Å². The first-order chi connectivity index (χ1) is 18.6. The van der Waals surface area contributed by atoms with Gasteiger partial charge in [0.2, 0.25) is 5.91 Å². The van der Waals surface area contributed by atoms with E-state index in [0.717, 1.165) is 48.7 Å². The fourth-order valence-corrected chi connectivity index (χ4v) is 4.63. The van der Waals surface area contributed by atoms with Gasteiger partial charge >= 0.3 is 5.97 Å². The number of amides is 1. The van der Waals surface area contributed by atoms with Gasteiger partial charge in [0.1, 0.15) is 23.9 Å². The van der Waals surface area contributed by atoms with Crippen molar-refractivity contribution < 1.29 is 19.1 Å². The molecule has 1 atom stereocenters. The molecule has 1 aliphatic carbocycles. The number of benzene rings is 2. The van der Waals surface area contributed by atoms with Crippen LogP contribution in [0.2, 0.25) is 0 Å². The van der Waals surface area contributed by atoms with Gasteiger partial charge in [-0.3, -0.25) is 14.5 Å². The summed E-state index contributed by atoms with van der Waals surface area (Å²) in [4.78, 5) is 35.8. The first-order valence-corrected chi connectivity index (χ1v) is 13.1. The number of nitrogens with one attached hydrogen (secondary N) is 2. The molecule has 9 heteroatoms. The normalized spacial score (nSPS) is 17.6. The van der Waals surface area contributed by atoms with Gasteiger partial charge in [-0.1, -0.05) is 36.4 Å². The zero-order chi connectivity index (χ0) is 26.3. The van der Waals surface area contributed by atoms with Crippen molar-refractivity contribution in [1.82, 2.24) is 14.9 Å². The van der Waals surface area contributed by atoms with E-state index in [0.29, 0.717) is 42.9 Å². The Balaban J connectivity index is 1.32. The van der Waals surface area contributed by atoms with E-state index >= 15 is 0 Å². The van der Waals surface area contributed by atoms with E-state index in [1.807, 2.05) is 47.4 Å². The lowest BCUT2D eigenvalue weighted by atomic mass is 10.1. The fourth-order valence-electron chi connectivity index (χ4n) is 4.63. The Morgan fingerprint density at radius 3 is 2.76 bits per heavy atom. The third-order valence-corrected chi connectivity index (χ3v) is 6.91. The SMILES string of the molecule is COC(=O)C1CCCN1CC=CC(=O)Nc1cc2c(NCc3ccccc3)ncnc2cc1OCC1CC1. The molecule has 2 aromatic carbocycles. The van der Waals surface area contributed by atoms with Crippen LogP contribution in [0.15, 0.2) is 60.9 Å². The second-order valence-electron chi connectivity index (χ2n) is 9.75. The van der Waals surface area contributed by atoms with Gasteiger partial charge in [-0.05, 0) is 49.8 Å². The van der Waals surface area contributed by atoms with Gasteiger partial charge in [-0.2, -0.15) is 0 Å². The number of anilines is 2. The summed E-state index contributed by atoms with van der Waals surface area (Å²) in [7, 11) is 1.40. The molecule has 1 amide bonds. The maximum Gasteiger partial charge on any atom is 0.323 e. The molecular weight excluding hydrogens is 482 g/mol. The van der Waals surface area contributed by atoms with Crippen LogP contribution in [0, 0.1) is 5.92 Å². The van der Waals surface area contributed by atoms with Crippen molar-refractivity contribution in [2.45, 2.75) is 38.3 Å². The highest BCUT2D eigenvalue weighted by Crippen LogP contribution is 2.35. The average Bonchev–Trinajstić information content (AvgIpc) is 3.66. The predicted molar refractivity (Wildman–Crippen MR) is 146 cm³/mol. The Morgan fingerprint density at radius 2 is 1.97 bits per heavy atom. The zero-order valence-electron chi connectivity index (χ0n) is 21.6. The largest absolute Gasteiger partial charge is 0.491 e. The lowest BCUT2D eigenvalue weighted by molar-refractivity contribution is -0.145. The van der Waals surface area contributed by atoms with Crippen LogP contribution in [0.25, 0.3) is 10.9 Å². The van der Waals surface area contributed by atoms with Crippen molar-refractivity contribution in [3.8, 4) is 5.75 Å². The molecule has 0 radical (unpaired) electrons. The number of carbonyl (C=O) groups excluding carboxylic acids is 2. The molecule has 5 rings (SSSR count). The number of rotatable bonds is 11. The van der Waals surface area contributed by atoms with Crippen LogP contribution in [0.5, 0.6) is 5.75 Å². The maximum absolute atomic E-state index is 12.9. The molecule has 38 heavy (non-hydrogen) atoms. The number of hydrogen-bond acceptors (Lipinski definition) is 8. The fraction of sp³-hybridized carbons (Fsp3) is 0.379. The molecule has 2 heterocycles. The molecular formula is C29H33N5O4. The molecule has 3 aromatic rings. The summed E-state index contributed by atoms with van der Waals surface area (Å²) in [6.07, 6.45) is 8.83. The van der Waals surface area contributed by atoms with Crippen molar-refractivity contribution in [2.24, 2.45) is 5.92 Å². The predicted octanol–water partition coefficient (Wildman–Crippen LogP) is 4.16. The number of fused-ring (bicyclic) bond motifs is 1. The van der Waals surface area contributed by atoms with Crippen LogP contribution >= 0.6 is 0 Å². The van der Waals surface area contributed by atoms with Gasteiger partial charge in [0, 0.05) is 30.6 Å². The summed E-state index contributed by atoms with van der Waals surface area (Å²) in [5.74, 6) is 1.33. The van der Waals surface area contributed by atoms with Gasteiger partial charge in [-0.15, -0.1) is 0 Å². The number of aromatic nitrogens is 2. The van der Waals surface area contributed by atoms with E-state index in [2.05, 4.69) is 20.6 Å². The van der Waals surface area contributed by atoms with E-state index in [4.69, 9.17) is 9.47 Å². The highest BCUT2D eigenvalue weighted by atomic mass is 16.5. The van der Waals surface area contributed by atoms with Crippen molar-refractivity contribution in [3.63, 3.8) is 0 Å². The third kappa shape index (κ3) is 6.47. The number of carbonyl (C=O) groups is 2. The average molecular weight is 516 g/mol. The van der Waals surface area contributed by atoms with Gasteiger partial charge in [0.25, 0.3) is 0 Å². The first-order valence-electron chi connectivity index (χ1n) is 13.1. The maximum atomic E-state index is 12.9. The van der Waals surface area contributed by atoms with Crippen molar-refractivity contribution in [3.05, 3.63) is 66.5 Å². The van der Waals surface area contributed by atoms with Crippen LogP contribution in [0.3, 0.4) is 0 Å². The quantitative estimate of drug-likeness (QED) is 0.290. The van der Waals surface area contributed by atoms with E-state index in [1.165, 1.54) is 19.5 Å². The Morgan fingerprint density at radius 1 is 1.13 bits per heavy atom. The number of esters is 1. The number of likely N-dealkylation sites (tertiary alicyclic amines) is 1. The van der Waals surface area contributed by atoms with Crippen LogP contribution in [-0.4, -0.2) is 59.6 Å². The van der Waals surface area contributed by atoms with Gasteiger partial charge in [0.05, 0.1) is 24.9 Å². The van der Waals surface area contributed by atoms with Crippen molar-refractivity contribution in [2.75, 3.05) is 37.4 Å². The standard InChI is InChI=1S/C29H33N5O4/c1-37-29(36)25-9-5-13-34(25)14-6-10-27(35)33-24-15-22-23(16-26(24)38-18-21-11-12-21)31-19-32-28(22)30-17-20-7-3-2-4-8-20/h2-4,6-8,10,15-16,19,21,25H,5,9,11-14,17-18H2,1H3,(H,33,35)(H,30,31,32). The van der Waals surface area contributed by atoms with E-state index in [1.54, 1.807) is 6.08 Å². The highest BCUT2D eigenvalue weighted by molar-refractivity contribution is 6.03. The smallest absolute Gasteiger partial charge is 0.323 e. The van der Waals surface area contributed by atoms with Crippen LogP contribution < -0.4 is 15.4 Å². The van der Waals surface area contributed by atoms with Crippen LogP contribution in [0.4, 0.5) is 11.5 Å². The minimum absolute atomic E-state index is 0.229. The second kappa shape index (κ2) is 12.0. The number of nitrogens with zero attached hydrogens (tertiary/aromatic N) is 3. The second-order valence-corrected chi connectivity index (χ2v) is 9.75. The zero-order valence-corrected chi connectivity index (χ0v) is 21.6. The molecule has 0 bridgehead atoms. The van der Waals surface area contributed by atoms with E-state index < -0.39 is 0 Å². The lowest BCUT2D eigenvalue weighted by Gasteiger charge is -2.20. The van der Waals surface area contributed by atoms with Crippen molar-refractivity contribution >= 4 is 34.3 Å². The number of ether oxygens (including phenoxy) is 2. The molecule has 1 aromatic heterocycles. The number of methoxy groups -OCH3 is 1. The minimum atomic E-state index is -0.273. The summed E-state index contributed by atoms with van der Waals surface area (Å²) in [6, 6.07) is 13.6. The van der Waals surface area contributed by atoms with Gasteiger partial charge in [-0.25, -0.2) is 9.97 Å². The summed E-state index contributed by atoms with van der Waals surface area (Å²) in [6.45, 7) is 2.52. The molecule has 1 aliphatic heterocycles. The molecule has 2 N–H and O–H groups in total. The van der Waals surface area contributed by atoms with Crippen LogP contribution in [0.1, 0.15) is 31.2 Å². The van der Waals surface area contributed by atoms with E-state index in [-0.39, 0.29) is 17.9 Å². The van der Waals surface area contributed by atoms with Crippen LogP contribution in [-0.2, 0) is 20.9 Å². The monoisotopic (exact) mass is 515 g/mol. The Bertz CT molecular complexity index is 1310. The topological polar surface area (TPSA) is 106 Å². The summed E-state index contributed by atoms with van der Waals surface area (Å²) >= 11 is 0. The Hall–Kier alpha value is -3.98. The summed E-state index contributed by atoms with van der Waals surface area (Å²) < 4.78 is 11.0. The van der Waals surface area contributed by atoms with Crippen molar-refractivity contribution in [1.29, 1.82) is 0 Å².